The maximum Gasteiger partial charge on any atom is 0.336 e. The molecule has 1 heterocycles. The minimum atomic E-state index is -3.49. The molecule has 3 N–H and O–H groups in total. The van der Waals surface area contributed by atoms with E-state index in [1.165, 1.54) is 48.6 Å². The third kappa shape index (κ3) is 4.98. The molecule has 184 valence electrons. The maximum atomic E-state index is 12.7. The second kappa shape index (κ2) is 9.67. The first kappa shape index (κ1) is 24.7. The molecule has 0 aromatic heterocycles. The van der Waals surface area contributed by atoms with Gasteiger partial charge in [-0.25, -0.2) is 13.2 Å². The number of amides is 1. The molecule has 1 aromatic rings. The Morgan fingerprint density at radius 2 is 1.92 bits per heavy atom. The summed E-state index contributed by atoms with van der Waals surface area (Å²) in [4.78, 5) is 36.9. The van der Waals surface area contributed by atoms with Crippen LogP contribution in [0.25, 0.3) is 27.9 Å². The SMILES string of the molecule is C=CS(=O)(=O)CCNC(=O)C1=CC=C(c2c3ccc(=O)cc-3oc3cc(O)ccc23)C(C(=O)O)=CC1. The first-order valence-corrected chi connectivity index (χ1v) is 12.5. The van der Waals surface area contributed by atoms with Crippen molar-refractivity contribution in [2.45, 2.75) is 6.42 Å². The van der Waals surface area contributed by atoms with Crippen LogP contribution in [0, 0.1) is 0 Å². The topological polar surface area (TPSA) is 151 Å². The number of hydrogen-bond donors (Lipinski definition) is 3. The molecule has 0 saturated carbocycles. The number of allylic oxidation sites excluding steroid dienone is 3. The van der Waals surface area contributed by atoms with E-state index in [0.29, 0.717) is 16.5 Å². The van der Waals surface area contributed by atoms with E-state index in [-0.39, 0.29) is 58.0 Å². The van der Waals surface area contributed by atoms with Crippen LogP contribution in [0.3, 0.4) is 0 Å². The molecule has 9 nitrogen and oxygen atoms in total. The molecule has 1 amide bonds. The van der Waals surface area contributed by atoms with Crippen molar-refractivity contribution in [2.24, 2.45) is 0 Å². The summed E-state index contributed by atoms with van der Waals surface area (Å²) in [7, 11) is -3.49. The lowest BCUT2D eigenvalue weighted by Crippen LogP contribution is -2.29. The number of phenolic OH excluding ortho intramolecular Hbond substituents is 1. The summed E-state index contributed by atoms with van der Waals surface area (Å²) in [5, 5.41) is 23.8. The third-order valence-corrected chi connectivity index (χ3v) is 6.94. The fourth-order valence-electron chi connectivity index (χ4n) is 3.91. The summed E-state index contributed by atoms with van der Waals surface area (Å²) in [5.41, 5.74) is 1.29. The Balaban J connectivity index is 1.84. The van der Waals surface area contributed by atoms with E-state index in [9.17, 15) is 33.0 Å². The standard InChI is InChI=1S/C26H21NO8S/c1-2-36(33,34)12-11-27-25(30)15-3-7-18(19(8-4-15)26(31)32)24-20-9-5-16(28)13-22(20)35-23-14-17(29)6-10-21(23)24/h2-3,5-10,13-14,28H,1,4,11-12H2,(H,27,30)(H,31,32). The van der Waals surface area contributed by atoms with Crippen molar-refractivity contribution in [3.8, 4) is 17.1 Å². The Morgan fingerprint density at radius 1 is 1.14 bits per heavy atom. The lowest BCUT2D eigenvalue weighted by atomic mass is 9.89. The molecule has 0 spiro atoms. The Bertz CT molecular complexity index is 1640. The van der Waals surface area contributed by atoms with E-state index in [2.05, 4.69) is 11.9 Å². The number of carboxylic acids is 1. The number of aliphatic carboxylic acids is 1. The fourth-order valence-corrected chi connectivity index (χ4v) is 4.46. The van der Waals surface area contributed by atoms with Gasteiger partial charge in [0, 0.05) is 46.2 Å². The molecular formula is C26H21NO8S. The number of sulfone groups is 1. The molecule has 0 radical (unpaired) electrons. The summed E-state index contributed by atoms with van der Waals surface area (Å²) in [6.45, 7) is 3.09. The van der Waals surface area contributed by atoms with Crippen LogP contribution in [0.2, 0.25) is 0 Å². The Labute approximate surface area is 205 Å². The number of rotatable bonds is 7. The van der Waals surface area contributed by atoms with E-state index in [1.54, 1.807) is 6.07 Å². The summed E-state index contributed by atoms with van der Waals surface area (Å²) in [5.74, 6) is -1.94. The predicted octanol–water partition coefficient (Wildman–Crippen LogP) is 3.00. The van der Waals surface area contributed by atoms with Gasteiger partial charge in [0.1, 0.15) is 17.1 Å². The van der Waals surface area contributed by atoms with Crippen LogP contribution in [0.5, 0.6) is 5.75 Å². The molecular weight excluding hydrogens is 486 g/mol. The number of fused-ring (bicyclic) bond motifs is 2. The molecule has 36 heavy (non-hydrogen) atoms. The van der Waals surface area contributed by atoms with Gasteiger partial charge in [0.2, 0.25) is 5.91 Å². The molecule has 4 rings (SSSR count). The average molecular weight is 508 g/mol. The highest BCUT2D eigenvalue weighted by molar-refractivity contribution is 7.94. The van der Waals surface area contributed by atoms with Crippen molar-refractivity contribution in [1.82, 2.24) is 5.32 Å². The molecule has 1 aliphatic heterocycles. The van der Waals surface area contributed by atoms with Crippen molar-refractivity contribution in [3.05, 3.63) is 93.5 Å². The lowest BCUT2D eigenvalue weighted by Gasteiger charge is -2.17. The van der Waals surface area contributed by atoms with Gasteiger partial charge in [-0.3, -0.25) is 9.59 Å². The quantitative estimate of drug-likeness (QED) is 0.413. The lowest BCUT2D eigenvalue weighted by molar-refractivity contribution is -0.132. The van der Waals surface area contributed by atoms with Crippen LogP contribution < -0.4 is 10.7 Å². The van der Waals surface area contributed by atoms with E-state index in [0.717, 1.165) is 5.41 Å². The highest BCUT2D eigenvalue weighted by Gasteiger charge is 2.25. The Kier molecular flexibility index (Phi) is 6.63. The molecule has 1 aromatic carbocycles. The van der Waals surface area contributed by atoms with E-state index >= 15 is 0 Å². The van der Waals surface area contributed by atoms with Crippen LogP contribution in [-0.2, 0) is 19.4 Å². The molecule has 2 aliphatic carbocycles. The van der Waals surface area contributed by atoms with Crippen LogP contribution in [-0.4, -0.2) is 42.8 Å². The van der Waals surface area contributed by atoms with Crippen LogP contribution in [0.15, 0.2) is 87.0 Å². The number of benzene rings is 2. The zero-order chi connectivity index (χ0) is 26.0. The zero-order valence-corrected chi connectivity index (χ0v) is 19.7. The molecule has 0 unspecified atom stereocenters. The molecule has 3 aliphatic rings. The van der Waals surface area contributed by atoms with Crippen molar-refractivity contribution in [1.29, 1.82) is 0 Å². The second-order valence-corrected chi connectivity index (χ2v) is 10.1. The molecule has 0 atom stereocenters. The van der Waals surface area contributed by atoms with Crippen LogP contribution in [0.1, 0.15) is 12.0 Å². The van der Waals surface area contributed by atoms with Gasteiger partial charge < -0.3 is 19.9 Å². The smallest absolute Gasteiger partial charge is 0.336 e. The third-order valence-electron chi connectivity index (χ3n) is 5.66. The minimum Gasteiger partial charge on any atom is -0.508 e. The van der Waals surface area contributed by atoms with E-state index in [1.807, 2.05) is 0 Å². The number of nitrogens with one attached hydrogen (secondary N) is 1. The van der Waals surface area contributed by atoms with Crippen LogP contribution >= 0.6 is 0 Å². The van der Waals surface area contributed by atoms with Gasteiger partial charge in [-0.2, -0.15) is 0 Å². The normalized spacial score (nSPS) is 13.9. The summed E-state index contributed by atoms with van der Waals surface area (Å²) >= 11 is 0. The van der Waals surface area contributed by atoms with Gasteiger partial charge in [-0.15, -0.1) is 0 Å². The zero-order valence-electron chi connectivity index (χ0n) is 18.9. The number of hydrogen-bond acceptors (Lipinski definition) is 7. The van der Waals surface area contributed by atoms with Crippen LogP contribution in [0.4, 0.5) is 0 Å². The predicted molar refractivity (Wildman–Crippen MR) is 134 cm³/mol. The van der Waals surface area contributed by atoms with Gasteiger partial charge in [0.05, 0.1) is 11.3 Å². The van der Waals surface area contributed by atoms with Crippen molar-refractivity contribution >= 4 is 38.3 Å². The monoisotopic (exact) mass is 507 g/mol. The second-order valence-electron chi connectivity index (χ2n) is 8.00. The molecule has 0 saturated heterocycles. The first-order valence-electron chi connectivity index (χ1n) is 10.8. The average Bonchev–Trinajstić information content (AvgIpc) is 3.05. The van der Waals surface area contributed by atoms with Gasteiger partial charge >= 0.3 is 5.97 Å². The largest absolute Gasteiger partial charge is 0.508 e. The maximum absolute atomic E-state index is 12.7. The van der Waals surface area contributed by atoms with Crippen molar-refractivity contribution < 1.29 is 32.6 Å². The summed E-state index contributed by atoms with van der Waals surface area (Å²) in [6.07, 6.45) is 4.36. The fraction of sp³-hybridized carbons (Fsp3) is 0.115. The highest BCUT2D eigenvalue weighted by Crippen LogP contribution is 2.41. The van der Waals surface area contributed by atoms with Gasteiger partial charge in [-0.1, -0.05) is 24.8 Å². The molecule has 10 heteroatoms. The molecule has 0 bridgehead atoms. The first-order chi connectivity index (χ1) is 17.1. The highest BCUT2D eigenvalue weighted by atomic mass is 32.2. The van der Waals surface area contributed by atoms with Gasteiger partial charge in [0.25, 0.3) is 0 Å². The Morgan fingerprint density at radius 3 is 2.64 bits per heavy atom. The number of phenols is 1. The van der Waals surface area contributed by atoms with Gasteiger partial charge in [0.15, 0.2) is 15.3 Å². The van der Waals surface area contributed by atoms with Gasteiger partial charge in [-0.05, 0) is 36.3 Å². The number of aromatic hydroxyl groups is 1. The minimum absolute atomic E-state index is 0.0136. The summed E-state index contributed by atoms with van der Waals surface area (Å²) in [6, 6.07) is 8.52. The summed E-state index contributed by atoms with van der Waals surface area (Å²) < 4.78 is 29.0. The number of carboxylic acid groups (broad SMARTS) is 1. The number of carbonyl (C=O) groups excluding carboxylic acids is 1. The Hall–Kier alpha value is -4.44. The van der Waals surface area contributed by atoms with Crippen molar-refractivity contribution in [3.63, 3.8) is 0 Å². The van der Waals surface area contributed by atoms with E-state index < -0.39 is 21.7 Å². The van der Waals surface area contributed by atoms with Crippen molar-refractivity contribution in [2.75, 3.05) is 12.3 Å². The van der Waals surface area contributed by atoms with E-state index in [4.69, 9.17) is 4.42 Å². The number of carbonyl (C=O) groups is 2. The molecule has 0 fully saturated rings.